The molecule has 3 atom stereocenters. The maximum absolute atomic E-state index is 5.88. The molecule has 0 aromatic rings. The maximum Gasteiger partial charge on any atom is 0.0829 e. The second kappa shape index (κ2) is 7.20. The molecule has 0 aromatic heterocycles. The SMILES string of the molecule is CCN1CCOC(CN2CC(C)OC(CBr)C2)C1. The monoisotopic (exact) mass is 320 g/mol. The molecular weight excluding hydrogens is 296 g/mol. The van der Waals surface area contributed by atoms with E-state index in [0.717, 1.165) is 51.2 Å². The molecule has 0 aliphatic carbocycles. The summed E-state index contributed by atoms with van der Waals surface area (Å²) in [6.07, 6.45) is 1.01. The largest absolute Gasteiger partial charge is 0.374 e. The van der Waals surface area contributed by atoms with E-state index >= 15 is 0 Å². The lowest BCUT2D eigenvalue weighted by molar-refractivity contribution is -0.0930. The van der Waals surface area contributed by atoms with Gasteiger partial charge in [0.25, 0.3) is 0 Å². The summed E-state index contributed by atoms with van der Waals surface area (Å²) in [6.45, 7) is 11.6. The van der Waals surface area contributed by atoms with Crippen LogP contribution in [-0.4, -0.2) is 79.3 Å². The molecule has 0 bridgehead atoms. The zero-order chi connectivity index (χ0) is 13.0. The Morgan fingerprint density at radius 3 is 2.67 bits per heavy atom. The van der Waals surface area contributed by atoms with Crippen LogP contribution in [0, 0.1) is 0 Å². The van der Waals surface area contributed by atoms with E-state index < -0.39 is 0 Å². The zero-order valence-electron chi connectivity index (χ0n) is 11.5. The minimum Gasteiger partial charge on any atom is -0.374 e. The van der Waals surface area contributed by atoms with Gasteiger partial charge in [-0.15, -0.1) is 0 Å². The van der Waals surface area contributed by atoms with Gasteiger partial charge >= 0.3 is 0 Å². The zero-order valence-corrected chi connectivity index (χ0v) is 13.1. The molecule has 0 aromatic carbocycles. The van der Waals surface area contributed by atoms with Crippen LogP contribution in [0.2, 0.25) is 0 Å². The molecule has 18 heavy (non-hydrogen) atoms. The lowest BCUT2D eigenvalue weighted by atomic mass is 10.2. The Morgan fingerprint density at radius 1 is 1.17 bits per heavy atom. The summed E-state index contributed by atoms with van der Waals surface area (Å²) < 4.78 is 11.7. The smallest absolute Gasteiger partial charge is 0.0829 e. The van der Waals surface area contributed by atoms with Gasteiger partial charge in [0, 0.05) is 38.1 Å². The molecule has 2 fully saturated rings. The Balaban J connectivity index is 1.80. The summed E-state index contributed by atoms with van der Waals surface area (Å²) in [6, 6.07) is 0. The normalized spacial score (nSPS) is 35.8. The topological polar surface area (TPSA) is 24.9 Å². The predicted octanol–water partition coefficient (Wildman–Crippen LogP) is 1.19. The molecule has 0 saturated carbocycles. The van der Waals surface area contributed by atoms with Gasteiger partial charge in [-0.25, -0.2) is 0 Å². The maximum atomic E-state index is 5.88. The minimum absolute atomic E-state index is 0.319. The van der Waals surface area contributed by atoms with Crippen molar-refractivity contribution in [3.63, 3.8) is 0 Å². The van der Waals surface area contributed by atoms with E-state index in [1.165, 1.54) is 0 Å². The van der Waals surface area contributed by atoms with E-state index in [-0.39, 0.29) is 0 Å². The van der Waals surface area contributed by atoms with Crippen LogP contribution in [0.1, 0.15) is 13.8 Å². The number of halogens is 1. The van der Waals surface area contributed by atoms with Gasteiger partial charge in [0.15, 0.2) is 0 Å². The van der Waals surface area contributed by atoms with Crippen LogP contribution in [0.15, 0.2) is 0 Å². The lowest BCUT2D eigenvalue weighted by Crippen LogP contribution is -2.53. The summed E-state index contributed by atoms with van der Waals surface area (Å²) in [5.41, 5.74) is 0. The van der Waals surface area contributed by atoms with E-state index in [4.69, 9.17) is 9.47 Å². The van der Waals surface area contributed by atoms with Gasteiger partial charge in [-0.3, -0.25) is 9.80 Å². The van der Waals surface area contributed by atoms with Gasteiger partial charge in [-0.2, -0.15) is 0 Å². The first-order valence-corrected chi connectivity index (χ1v) is 8.11. The van der Waals surface area contributed by atoms with Gasteiger partial charge < -0.3 is 9.47 Å². The third kappa shape index (κ3) is 4.17. The third-order valence-corrected chi connectivity index (χ3v) is 4.43. The Morgan fingerprint density at radius 2 is 1.94 bits per heavy atom. The Kier molecular flexibility index (Phi) is 5.89. The first kappa shape index (κ1) is 14.7. The molecule has 0 spiro atoms. The highest BCUT2D eigenvalue weighted by atomic mass is 79.9. The van der Waals surface area contributed by atoms with Crippen molar-refractivity contribution in [3.8, 4) is 0 Å². The van der Waals surface area contributed by atoms with Crippen molar-refractivity contribution in [2.45, 2.75) is 32.2 Å². The molecule has 106 valence electrons. The summed E-state index contributed by atoms with van der Waals surface area (Å²) in [7, 11) is 0. The van der Waals surface area contributed by atoms with Gasteiger partial charge in [-0.05, 0) is 13.5 Å². The Labute approximate surface area is 119 Å². The second-order valence-electron chi connectivity index (χ2n) is 5.33. The molecule has 2 aliphatic rings. The third-order valence-electron chi connectivity index (χ3n) is 3.71. The summed E-state index contributed by atoms with van der Waals surface area (Å²) in [5, 5.41) is 0.917. The van der Waals surface area contributed by atoms with E-state index in [1.54, 1.807) is 0 Å². The molecule has 3 unspecified atom stereocenters. The van der Waals surface area contributed by atoms with Crippen molar-refractivity contribution in [2.24, 2.45) is 0 Å². The first-order chi connectivity index (χ1) is 8.71. The molecule has 2 aliphatic heterocycles. The van der Waals surface area contributed by atoms with Crippen LogP contribution in [-0.2, 0) is 9.47 Å². The fourth-order valence-electron chi connectivity index (χ4n) is 2.84. The molecule has 0 amide bonds. The van der Waals surface area contributed by atoms with Crippen molar-refractivity contribution in [1.29, 1.82) is 0 Å². The molecule has 0 N–H and O–H groups in total. The molecular formula is C13H25BrN2O2. The van der Waals surface area contributed by atoms with Crippen molar-refractivity contribution in [2.75, 3.05) is 51.2 Å². The standard InChI is InChI=1S/C13H25BrN2O2/c1-3-15-4-5-17-13(9-15)10-16-7-11(2)18-12(6-14)8-16/h11-13H,3-10H2,1-2H3. The molecule has 4 nitrogen and oxygen atoms in total. The Hall–Kier alpha value is 0.320. The number of hydrogen-bond acceptors (Lipinski definition) is 4. The van der Waals surface area contributed by atoms with Crippen LogP contribution in [0.3, 0.4) is 0 Å². The van der Waals surface area contributed by atoms with Crippen LogP contribution in [0.5, 0.6) is 0 Å². The number of nitrogens with zero attached hydrogens (tertiary/aromatic N) is 2. The summed E-state index contributed by atoms with van der Waals surface area (Å²) in [4.78, 5) is 4.96. The van der Waals surface area contributed by atoms with Gasteiger partial charge in [0.1, 0.15) is 0 Å². The number of rotatable bonds is 4. The highest BCUT2D eigenvalue weighted by molar-refractivity contribution is 9.09. The van der Waals surface area contributed by atoms with Crippen molar-refractivity contribution >= 4 is 15.9 Å². The number of likely N-dealkylation sites (N-methyl/N-ethyl adjacent to an activating group) is 1. The predicted molar refractivity (Wildman–Crippen MR) is 76.4 cm³/mol. The summed E-state index contributed by atoms with van der Waals surface area (Å²) in [5.74, 6) is 0. The number of ether oxygens (including phenoxy) is 2. The molecule has 2 heterocycles. The highest BCUT2D eigenvalue weighted by Crippen LogP contribution is 2.15. The summed E-state index contributed by atoms with van der Waals surface area (Å²) >= 11 is 3.52. The van der Waals surface area contributed by atoms with E-state index in [9.17, 15) is 0 Å². The molecule has 2 rings (SSSR count). The molecule has 2 saturated heterocycles. The fraction of sp³-hybridized carbons (Fsp3) is 1.00. The van der Waals surface area contributed by atoms with E-state index in [0.29, 0.717) is 18.3 Å². The van der Waals surface area contributed by atoms with Crippen LogP contribution < -0.4 is 0 Å². The average molecular weight is 321 g/mol. The van der Waals surface area contributed by atoms with Crippen LogP contribution in [0.4, 0.5) is 0 Å². The van der Waals surface area contributed by atoms with Crippen molar-refractivity contribution in [3.05, 3.63) is 0 Å². The van der Waals surface area contributed by atoms with Gasteiger partial charge in [0.2, 0.25) is 0 Å². The fourth-order valence-corrected chi connectivity index (χ4v) is 3.20. The Bertz CT molecular complexity index is 255. The van der Waals surface area contributed by atoms with E-state index in [2.05, 4.69) is 39.6 Å². The van der Waals surface area contributed by atoms with Crippen LogP contribution in [0.25, 0.3) is 0 Å². The number of alkyl halides is 1. The van der Waals surface area contributed by atoms with Gasteiger partial charge in [0.05, 0.1) is 24.9 Å². The number of hydrogen-bond donors (Lipinski definition) is 0. The first-order valence-electron chi connectivity index (χ1n) is 6.99. The molecule has 0 radical (unpaired) electrons. The lowest BCUT2D eigenvalue weighted by Gasteiger charge is -2.40. The quantitative estimate of drug-likeness (QED) is 0.726. The number of morpholine rings is 2. The highest BCUT2D eigenvalue weighted by Gasteiger charge is 2.28. The van der Waals surface area contributed by atoms with Gasteiger partial charge in [-0.1, -0.05) is 22.9 Å². The molecule has 5 heteroatoms. The average Bonchev–Trinajstić information content (AvgIpc) is 2.38. The second-order valence-corrected chi connectivity index (χ2v) is 5.98. The van der Waals surface area contributed by atoms with Crippen molar-refractivity contribution in [1.82, 2.24) is 9.80 Å². The minimum atomic E-state index is 0.319. The van der Waals surface area contributed by atoms with E-state index in [1.807, 2.05) is 0 Å². The van der Waals surface area contributed by atoms with Crippen LogP contribution >= 0.6 is 15.9 Å². The van der Waals surface area contributed by atoms with Crippen molar-refractivity contribution < 1.29 is 9.47 Å².